The van der Waals surface area contributed by atoms with Gasteiger partial charge in [-0.1, -0.05) is 0 Å². The summed E-state index contributed by atoms with van der Waals surface area (Å²) >= 11 is 0. The third-order valence-electron chi connectivity index (χ3n) is 5.86. The third kappa shape index (κ3) is 2.85. The van der Waals surface area contributed by atoms with Crippen LogP contribution in [0.15, 0.2) is 0 Å². The van der Waals surface area contributed by atoms with Crippen molar-refractivity contribution >= 4 is 0 Å². The second-order valence-electron chi connectivity index (χ2n) is 8.67. The van der Waals surface area contributed by atoms with Gasteiger partial charge in [-0.15, -0.1) is 0 Å². The van der Waals surface area contributed by atoms with Crippen molar-refractivity contribution in [1.29, 1.82) is 0 Å². The number of nitrogens with zero attached hydrogens (tertiary/aromatic N) is 2. The highest BCUT2D eigenvalue weighted by Crippen LogP contribution is 2.41. The SMILES string of the molecule is CC1CCC(C)(C)N1CCN1C(C)(C)CCC1(C)C. The van der Waals surface area contributed by atoms with E-state index in [1.807, 2.05) is 0 Å². The first-order valence-corrected chi connectivity index (χ1v) is 8.11. The van der Waals surface area contributed by atoms with Crippen LogP contribution in [0.3, 0.4) is 0 Å². The lowest BCUT2D eigenvalue weighted by molar-refractivity contribution is 0.0446. The van der Waals surface area contributed by atoms with Gasteiger partial charge in [0.05, 0.1) is 0 Å². The quantitative estimate of drug-likeness (QED) is 0.764. The first-order chi connectivity index (χ1) is 8.56. The molecule has 1 atom stereocenters. The standard InChI is InChI=1S/C17H34N2/c1-14-8-9-15(2,3)18(14)12-13-19-16(4,5)10-11-17(19,6)7/h14H,8-13H2,1-7H3. The molecule has 112 valence electrons. The van der Waals surface area contributed by atoms with E-state index < -0.39 is 0 Å². The zero-order valence-corrected chi connectivity index (χ0v) is 14.2. The van der Waals surface area contributed by atoms with Gasteiger partial charge >= 0.3 is 0 Å². The summed E-state index contributed by atoms with van der Waals surface area (Å²) in [6, 6.07) is 0.754. The zero-order chi connectivity index (χ0) is 14.5. The minimum absolute atomic E-state index is 0.372. The van der Waals surface area contributed by atoms with Crippen LogP contribution in [0.2, 0.25) is 0 Å². The Balaban J connectivity index is 2.02. The molecule has 0 aromatic heterocycles. The third-order valence-corrected chi connectivity index (χ3v) is 5.86. The molecule has 0 saturated carbocycles. The number of rotatable bonds is 3. The molecule has 2 saturated heterocycles. The molecule has 1 unspecified atom stereocenters. The Labute approximate surface area is 120 Å². The van der Waals surface area contributed by atoms with Crippen LogP contribution < -0.4 is 0 Å². The second kappa shape index (κ2) is 4.73. The Morgan fingerprint density at radius 1 is 0.789 bits per heavy atom. The highest BCUT2D eigenvalue weighted by molar-refractivity contribution is 5.01. The van der Waals surface area contributed by atoms with Crippen molar-refractivity contribution < 1.29 is 0 Å². The van der Waals surface area contributed by atoms with E-state index >= 15 is 0 Å². The van der Waals surface area contributed by atoms with Crippen LogP contribution in [0, 0.1) is 0 Å². The maximum absolute atomic E-state index is 2.75. The van der Waals surface area contributed by atoms with Gasteiger partial charge < -0.3 is 0 Å². The van der Waals surface area contributed by atoms with Crippen molar-refractivity contribution in [2.24, 2.45) is 0 Å². The van der Waals surface area contributed by atoms with E-state index in [4.69, 9.17) is 0 Å². The van der Waals surface area contributed by atoms with E-state index in [9.17, 15) is 0 Å². The molecule has 2 heteroatoms. The molecular weight excluding hydrogens is 232 g/mol. The van der Waals surface area contributed by atoms with E-state index in [0.717, 1.165) is 6.04 Å². The lowest BCUT2D eigenvalue weighted by Crippen LogP contribution is -2.53. The molecule has 2 aliphatic heterocycles. The molecular formula is C17H34N2. The van der Waals surface area contributed by atoms with Crippen LogP contribution in [0.4, 0.5) is 0 Å². The van der Waals surface area contributed by atoms with Crippen molar-refractivity contribution in [2.45, 2.75) is 96.8 Å². The summed E-state index contributed by atoms with van der Waals surface area (Å²) in [6.45, 7) is 19.3. The Morgan fingerprint density at radius 2 is 1.32 bits per heavy atom. The summed E-state index contributed by atoms with van der Waals surface area (Å²) < 4.78 is 0. The summed E-state index contributed by atoms with van der Waals surface area (Å²) in [7, 11) is 0. The fraction of sp³-hybridized carbons (Fsp3) is 1.00. The van der Waals surface area contributed by atoms with Crippen LogP contribution in [0.5, 0.6) is 0 Å². The smallest absolute Gasteiger partial charge is 0.0159 e. The van der Waals surface area contributed by atoms with Gasteiger partial charge in [-0.3, -0.25) is 9.80 Å². The maximum Gasteiger partial charge on any atom is 0.0159 e. The normalized spacial score (nSPS) is 33.9. The van der Waals surface area contributed by atoms with Gasteiger partial charge in [0.15, 0.2) is 0 Å². The first kappa shape index (κ1) is 15.3. The predicted molar refractivity (Wildman–Crippen MR) is 83.6 cm³/mol. The molecule has 0 amide bonds. The van der Waals surface area contributed by atoms with Gasteiger partial charge in [-0.25, -0.2) is 0 Å². The summed E-state index contributed by atoms with van der Waals surface area (Å²) in [6.07, 6.45) is 5.37. The van der Waals surface area contributed by atoms with Crippen LogP contribution >= 0.6 is 0 Å². The van der Waals surface area contributed by atoms with E-state index in [0.29, 0.717) is 16.6 Å². The highest BCUT2D eigenvalue weighted by atomic mass is 15.3. The van der Waals surface area contributed by atoms with Crippen LogP contribution in [-0.4, -0.2) is 45.5 Å². The van der Waals surface area contributed by atoms with Gasteiger partial charge in [0, 0.05) is 35.7 Å². The highest BCUT2D eigenvalue weighted by Gasteiger charge is 2.45. The van der Waals surface area contributed by atoms with Gasteiger partial charge in [-0.2, -0.15) is 0 Å². The molecule has 0 radical (unpaired) electrons. The molecule has 0 aromatic rings. The van der Waals surface area contributed by atoms with Gasteiger partial charge in [0.25, 0.3) is 0 Å². The molecule has 0 aromatic carbocycles. The molecule has 2 nitrogen and oxygen atoms in total. The zero-order valence-electron chi connectivity index (χ0n) is 14.2. The van der Waals surface area contributed by atoms with Crippen molar-refractivity contribution in [3.05, 3.63) is 0 Å². The first-order valence-electron chi connectivity index (χ1n) is 8.11. The lowest BCUT2D eigenvalue weighted by atomic mass is 10.0. The molecule has 0 N–H and O–H groups in total. The number of hydrogen-bond acceptors (Lipinski definition) is 2. The average molecular weight is 266 g/mol. The summed E-state index contributed by atoms with van der Waals surface area (Å²) in [5.41, 5.74) is 1.14. The van der Waals surface area contributed by atoms with Crippen LogP contribution in [0.25, 0.3) is 0 Å². The molecule has 2 heterocycles. The van der Waals surface area contributed by atoms with E-state index in [1.165, 1.54) is 38.8 Å². The van der Waals surface area contributed by atoms with Crippen molar-refractivity contribution in [2.75, 3.05) is 13.1 Å². The Kier molecular flexibility index (Phi) is 3.81. The minimum Gasteiger partial charge on any atom is -0.294 e. The number of hydrogen-bond donors (Lipinski definition) is 0. The molecule has 0 aliphatic carbocycles. The summed E-state index contributed by atoms with van der Waals surface area (Å²) in [5.74, 6) is 0. The van der Waals surface area contributed by atoms with Gasteiger partial charge in [-0.05, 0) is 74.1 Å². The van der Waals surface area contributed by atoms with Crippen molar-refractivity contribution in [3.63, 3.8) is 0 Å². The van der Waals surface area contributed by atoms with Crippen LogP contribution in [0.1, 0.15) is 74.1 Å². The maximum atomic E-state index is 2.75. The number of likely N-dealkylation sites (tertiary alicyclic amines) is 2. The molecule has 2 aliphatic rings. The van der Waals surface area contributed by atoms with Gasteiger partial charge in [0.2, 0.25) is 0 Å². The Bertz CT molecular complexity index is 314. The van der Waals surface area contributed by atoms with E-state index in [1.54, 1.807) is 0 Å². The summed E-state index contributed by atoms with van der Waals surface area (Å²) in [5, 5.41) is 0. The molecule has 19 heavy (non-hydrogen) atoms. The molecule has 2 fully saturated rings. The monoisotopic (exact) mass is 266 g/mol. The topological polar surface area (TPSA) is 6.48 Å². The van der Waals surface area contributed by atoms with Crippen molar-refractivity contribution in [3.8, 4) is 0 Å². The largest absolute Gasteiger partial charge is 0.294 e. The minimum atomic E-state index is 0.372. The van der Waals surface area contributed by atoms with Gasteiger partial charge in [0.1, 0.15) is 0 Å². The molecule has 0 bridgehead atoms. The van der Waals surface area contributed by atoms with E-state index in [2.05, 4.69) is 58.3 Å². The fourth-order valence-corrected chi connectivity index (χ4v) is 4.50. The lowest BCUT2D eigenvalue weighted by Gasteiger charge is -2.43. The summed E-state index contributed by atoms with van der Waals surface area (Å²) in [4.78, 5) is 5.48. The Hall–Kier alpha value is -0.0800. The average Bonchev–Trinajstić information content (AvgIpc) is 2.63. The fourth-order valence-electron chi connectivity index (χ4n) is 4.50. The van der Waals surface area contributed by atoms with E-state index in [-0.39, 0.29) is 0 Å². The predicted octanol–water partition coefficient (Wildman–Crippen LogP) is 3.90. The molecule has 0 spiro atoms. The Morgan fingerprint density at radius 3 is 1.74 bits per heavy atom. The van der Waals surface area contributed by atoms with Crippen LogP contribution in [-0.2, 0) is 0 Å². The molecule has 2 rings (SSSR count). The van der Waals surface area contributed by atoms with Crippen molar-refractivity contribution in [1.82, 2.24) is 9.80 Å². The second-order valence-corrected chi connectivity index (χ2v) is 8.67.